The second-order valence-electron chi connectivity index (χ2n) is 6.66. The van der Waals surface area contributed by atoms with E-state index in [9.17, 15) is 31.1 Å². The Morgan fingerprint density at radius 2 is 1.65 bits per heavy atom. The fraction of sp³-hybridized carbons (Fsp3) is 0.143. The molecular weight excluding hydrogens is 424 g/mol. The fourth-order valence-electron chi connectivity index (χ4n) is 2.95. The van der Waals surface area contributed by atoms with E-state index in [4.69, 9.17) is 0 Å². The second kappa shape index (κ2) is 7.93. The first-order chi connectivity index (χ1) is 14.4. The Balaban J connectivity index is 2.05. The van der Waals surface area contributed by atoms with Crippen LogP contribution in [-0.2, 0) is 24.2 Å². The van der Waals surface area contributed by atoms with Gasteiger partial charge < -0.3 is 9.88 Å². The van der Waals surface area contributed by atoms with Gasteiger partial charge in [-0.25, -0.2) is 4.98 Å². The lowest BCUT2D eigenvalue weighted by Gasteiger charge is -2.12. The summed E-state index contributed by atoms with van der Waals surface area (Å²) in [6.45, 7) is 3.34. The number of fused-ring (bicyclic) bond motifs is 1. The highest BCUT2D eigenvalue weighted by atomic mass is 19.4. The normalized spacial score (nSPS) is 12.5. The van der Waals surface area contributed by atoms with Crippen molar-refractivity contribution in [3.8, 4) is 0 Å². The Morgan fingerprint density at radius 1 is 1.03 bits per heavy atom. The van der Waals surface area contributed by atoms with Gasteiger partial charge in [0, 0.05) is 24.2 Å². The Kier molecular flexibility index (Phi) is 5.66. The molecule has 3 rings (SSSR count). The smallest absolute Gasteiger partial charge is 0.335 e. The average molecular weight is 439 g/mol. The van der Waals surface area contributed by atoms with Crippen LogP contribution in [-0.4, -0.2) is 15.5 Å². The molecule has 0 spiro atoms. The summed E-state index contributed by atoms with van der Waals surface area (Å²) in [7, 11) is 1.68. The van der Waals surface area contributed by atoms with Crippen molar-refractivity contribution in [2.75, 3.05) is 5.32 Å². The van der Waals surface area contributed by atoms with Gasteiger partial charge in [0.05, 0.1) is 23.0 Å². The number of nitrogens with zero attached hydrogens (tertiary/aromatic N) is 2. The van der Waals surface area contributed by atoms with Gasteiger partial charge in [0.15, 0.2) is 0 Å². The Bertz CT molecular complexity index is 1160. The number of rotatable bonds is 4. The molecule has 0 aliphatic heterocycles. The molecule has 1 amide bonds. The van der Waals surface area contributed by atoms with Gasteiger partial charge in [0.25, 0.3) is 0 Å². The summed E-state index contributed by atoms with van der Waals surface area (Å²) < 4.78 is 79.9. The first kappa shape index (κ1) is 22.1. The van der Waals surface area contributed by atoms with Crippen molar-refractivity contribution >= 4 is 34.8 Å². The van der Waals surface area contributed by atoms with Crippen LogP contribution in [0.3, 0.4) is 0 Å². The van der Waals surface area contributed by atoms with Crippen molar-refractivity contribution in [1.29, 1.82) is 0 Å². The van der Waals surface area contributed by atoms with Crippen LogP contribution in [0.2, 0.25) is 0 Å². The van der Waals surface area contributed by atoms with Gasteiger partial charge in [-0.1, -0.05) is 18.7 Å². The molecule has 1 N–H and O–H groups in total. The number of halogens is 6. The molecule has 0 radical (unpaired) electrons. The highest BCUT2D eigenvalue weighted by molar-refractivity contribution is 6.00. The summed E-state index contributed by atoms with van der Waals surface area (Å²) in [4.78, 5) is 15.7. The van der Waals surface area contributed by atoms with Crippen LogP contribution in [0.25, 0.3) is 23.2 Å². The molecule has 31 heavy (non-hydrogen) atoms. The Labute approximate surface area is 172 Å². The topological polar surface area (TPSA) is 46.9 Å². The first-order valence-electron chi connectivity index (χ1n) is 8.74. The summed E-state index contributed by atoms with van der Waals surface area (Å²) in [5.41, 5.74) is -1.69. The molecule has 2 heterocycles. The molecule has 2 aromatic heterocycles. The maximum Gasteiger partial charge on any atom is 0.416 e. The van der Waals surface area contributed by atoms with Crippen molar-refractivity contribution in [3.05, 3.63) is 71.6 Å². The van der Waals surface area contributed by atoms with Crippen molar-refractivity contribution in [1.82, 2.24) is 9.55 Å². The summed E-state index contributed by atoms with van der Waals surface area (Å²) in [6, 6.07) is 2.96. The molecule has 0 fully saturated rings. The maximum absolute atomic E-state index is 13.0. The van der Waals surface area contributed by atoms with Crippen LogP contribution in [0, 0.1) is 0 Å². The molecule has 0 aliphatic carbocycles. The quantitative estimate of drug-likeness (QED) is 0.406. The Morgan fingerprint density at radius 3 is 2.19 bits per heavy atom. The van der Waals surface area contributed by atoms with Gasteiger partial charge >= 0.3 is 12.4 Å². The number of benzene rings is 1. The minimum atomic E-state index is -4.93. The Hall–Kier alpha value is -3.56. The number of aryl methyl sites for hydroxylation is 1. The van der Waals surface area contributed by atoms with E-state index >= 15 is 0 Å². The fourth-order valence-corrected chi connectivity index (χ4v) is 2.95. The average Bonchev–Trinajstić information content (AvgIpc) is 3.00. The van der Waals surface area contributed by atoms with Crippen LogP contribution in [0.1, 0.15) is 22.3 Å². The molecule has 0 saturated heterocycles. The highest BCUT2D eigenvalue weighted by Crippen LogP contribution is 2.36. The van der Waals surface area contributed by atoms with E-state index in [2.05, 4.69) is 16.9 Å². The minimum absolute atomic E-state index is 0.0771. The zero-order chi connectivity index (χ0) is 23.0. The molecule has 3 aromatic rings. The van der Waals surface area contributed by atoms with E-state index in [0.29, 0.717) is 34.4 Å². The largest absolute Gasteiger partial charge is 0.416 e. The SMILES string of the molecule is C=CC(=O)Nc1cnc2c(c1)c(C=Cc1cc(C(F)(F)F)cc(C(F)(F)F)c1)cn2C. The molecular formula is C21H15F6N3O. The highest BCUT2D eigenvalue weighted by Gasteiger charge is 2.36. The molecule has 1 aromatic carbocycles. The van der Waals surface area contributed by atoms with Gasteiger partial charge in [-0.3, -0.25) is 4.79 Å². The molecule has 4 nitrogen and oxygen atoms in total. The van der Waals surface area contributed by atoms with E-state index < -0.39 is 29.4 Å². The molecule has 0 aliphatic rings. The number of amides is 1. The number of carbonyl (C=O) groups excluding carboxylic acids is 1. The summed E-state index contributed by atoms with van der Waals surface area (Å²) in [5, 5.41) is 3.08. The monoisotopic (exact) mass is 439 g/mol. The van der Waals surface area contributed by atoms with E-state index in [0.717, 1.165) is 12.2 Å². The number of alkyl halides is 6. The molecule has 162 valence electrons. The minimum Gasteiger partial charge on any atom is -0.335 e. The van der Waals surface area contributed by atoms with Gasteiger partial charge in [-0.2, -0.15) is 26.3 Å². The third-order valence-electron chi connectivity index (χ3n) is 4.36. The van der Waals surface area contributed by atoms with Crippen molar-refractivity contribution in [3.63, 3.8) is 0 Å². The summed E-state index contributed by atoms with van der Waals surface area (Å²) in [5.74, 6) is -0.460. The number of pyridine rings is 1. The van der Waals surface area contributed by atoms with Gasteiger partial charge in [0.2, 0.25) is 5.91 Å². The third-order valence-corrected chi connectivity index (χ3v) is 4.36. The zero-order valence-corrected chi connectivity index (χ0v) is 16.0. The maximum atomic E-state index is 13.0. The number of nitrogens with one attached hydrogen (secondary N) is 1. The van der Waals surface area contributed by atoms with Gasteiger partial charge in [0.1, 0.15) is 5.65 Å². The zero-order valence-electron chi connectivity index (χ0n) is 16.0. The van der Waals surface area contributed by atoms with Crippen molar-refractivity contribution in [2.45, 2.75) is 12.4 Å². The number of carbonyl (C=O) groups is 1. The van der Waals surface area contributed by atoms with Gasteiger partial charge in [-0.15, -0.1) is 0 Å². The van der Waals surface area contributed by atoms with E-state index in [1.54, 1.807) is 23.9 Å². The molecule has 0 saturated carbocycles. The van der Waals surface area contributed by atoms with E-state index in [1.807, 2.05) is 0 Å². The standard InChI is InChI=1S/C21H15F6N3O/c1-3-18(31)29-16-9-17-13(11-30(2)19(17)28-10-16)5-4-12-6-14(20(22,23)24)8-15(7-12)21(25,26)27/h3-11H,1H2,2H3,(H,29,31). The van der Waals surface area contributed by atoms with Crippen LogP contribution >= 0.6 is 0 Å². The van der Waals surface area contributed by atoms with E-state index in [-0.39, 0.29) is 11.6 Å². The van der Waals surface area contributed by atoms with Crippen LogP contribution in [0.4, 0.5) is 32.0 Å². The van der Waals surface area contributed by atoms with Crippen LogP contribution in [0.15, 0.2) is 49.3 Å². The lowest BCUT2D eigenvalue weighted by molar-refractivity contribution is -0.143. The molecule has 10 heteroatoms. The predicted octanol–water partition coefficient (Wildman–Crippen LogP) is 5.91. The number of aromatic nitrogens is 2. The molecule has 0 unspecified atom stereocenters. The second-order valence-corrected chi connectivity index (χ2v) is 6.66. The van der Waals surface area contributed by atoms with Crippen molar-refractivity contribution < 1.29 is 31.1 Å². The number of hydrogen-bond donors (Lipinski definition) is 1. The lowest BCUT2D eigenvalue weighted by Crippen LogP contribution is -2.11. The predicted molar refractivity (Wildman–Crippen MR) is 105 cm³/mol. The molecule has 0 bridgehead atoms. The van der Waals surface area contributed by atoms with Crippen LogP contribution in [0.5, 0.6) is 0 Å². The van der Waals surface area contributed by atoms with Crippen LogP contribution < -0.4 is 5.32 Å². The van der Waals surface area contributed by atoms with Gasteiger partial charge in [-0.05, 0) is 35.9 Å². The summed E-state index contributed by atoms with van der Waals surface area (Å²) in [6.07, 6.45) is -3.20. The first-order valence-corrected chi connectivity index (χ1v) is 8.74. The van der Waals surface area contributed by atoms with Crippen molar-refractivity contribution in [2.24, 2.45) is 7.05 Å². The molecule has 0 atom stereocenters. The number of anilines is 1. The van der Waals surface area contributed by atoms with E-state index in [1.165, 1.54) is 12.3 Å². The third kappa shape index (κ3) is 4.96. The summed E-state index contributed by atoms with van der Waals surface area (Å²) >= 11 is 0. The lowest BCUT2D eigenvalue weighted by atomic mass is 10.0. The number of hydrogen-bond acceptors (Lipinski definition) is 2.